The van der Waals surface area contributed by atoms with Gasteiger partial charge in [0.1, 0.15) is 41.2 Å². The van der Waals surface area contributed by atoms with Crippen LogP contribution in [0.1, 0.15) is 46.2 Å². The molecule has 2 aromatic heterocycles. The Balaban J connectivity index is 1.28. The Morgan fingerprint density at radius 1 is 0.643 bits per heavy atom. The average molecular weight is 567 g/mol. The molecule has 1 aliphatic rings. The highest BCUT2D eigenvalue weighted by Gasteiger charge is 2.45. The van der Waals surface area contributed by atoms with Crippen molar-refractivity contribution in [2.75, 3.05) is 0 Å². The molecule has 0 spiro atoms. The molecule has 1 aliphatic carbocycles. The second-order valence-corrected chi connectivity index (χ2v) is 10.5. The SMILES string of the molecule is O=c1cc(CCc2ccccc2)oc2c1[C@H](O)[C@@H](O)[C@@H](O)[C@@H]2Oc1ccc2oc(CCc3ccccc3)cc(=O)c2c1. The first-order valence-corrected chi connectivity index (χ1v) is 13.9. The molecular weight excluding hydrogens is 536 g/mol. The molecule has 8 heteroatoms. The van der Waals surface area contributed by atoms with Gasteiger partial charge in [0.25, 0.3) is 0 Å². The Labute approximate surface area is 241 Å². The van der Waals surface area contributed by atoms with E-state index in [0.717, 1.165) is 17.5 Å². The van der Waals surface area contributed by atoms with E-state index in [1.807, 2.05) is 60.7 Å². The van der Waals surface area contributed by atoms with E-state index in [2.05, 4.69) is 0 Å². The number of rotatable bonds is 8. The molecule has 0 saturated heterocycles. The number of ether oxygens (including phenoxy) is 1. The van der Waals surface area contributed by atoms with Gasteiger partial charge in [-0.25, -0.2) is 0 Å². The predicted molar refractivity (Wildman–Crippen MR) is 156 cm³/mol. The van der Waals surface area contributed by atoms with E-state index in [0.29, 0.717) is 36.4 Å². The molecule has 214 valence electrons. The zero-order valence-corrected chi connectivity index (χ0v) is 22.7. The standard InChI is InChI=1S/C34H30O8/c35-26-18-23(13-11-20-7-3-1-4-8-20)40-28-16-15-22(17-25(26)28)42-34-32(39)31(38)30(37)29-27(36)19-24(41-33(29)34)14-12-21-9-5-2-6-10-21/h1-10,15-19,30-32,34,37-39H,11-14H2/t30-,31+,32+,34-/m0/s1. The van der Waals surface area contributed by atoms with Crippen LogP contribution in [0.2, 0.25) is 0 Å². The normalized spacial score (nSPS) is 19.9. The predicted octanol–water partition coefficient (Wildman–Crippen LogP) is 4.21. The van der Waals surface area contributed by atoms with E-state index in [4.69, 9.17) is 13.6 Å². The first-order valence-electron chi connectivity index (χ1n) is 13.9. The maximum atomic E-state index is 13.0. The molecule has 0 aliphatic heterocycles. The molecule has 4 atom stereocenters. The zero-order chi connectivity index (χ0) is 29.2. The van der Waals surface area contributed by atoms with Gasteiger partial charge < -0.3 is 28.9 Å². The minimum absolute atomic E-state index is 0.0562. The maximum Gasteiger partial charge on any atom is 0.193 e. The van der Waals surface area contributed by atoms with E-state index in [1.54, 1.807) is 12.1 Å². The molecule has 0 fully saturated rings. The summed E-state index contributed by atoms with van der Waals surface area (Å²) in [5.41, 5.74) is 1.64. The summed E-state index contributed by atoms with van der Waals surface area (Å²) in [6.45, 7) is 0. The summed E-state index contributed by atoms with van der Waals surface area (Å²) in [4.78, 5) is 26.0. The highest BCUT2D eigenvalue weighted by atomic mass is 16.5. The molecule has 0 radical (unpaired) electrons. The van der Waals surface area contributed by atoms with Gasteiger partial charge in [0.2, 0.25) is 0 Å². The van der Waals surface area contributed by atoms with Crippen LogP contribution in [0.4, 0.5) is 0 Å². The number of hydrogen-bond acceptors (Lipinski definition) is 8. The lowest BCUT2D eigenvalue weighted by molar-refractivity contribution is -0.121. The van der Waals surface area contributed by atoms with Crippen molar-refractivity contribution in [2.45, 2.75) is 50.1 Å². The third-order valence-electron chi connectivity index (χ3n) is 7.62. The molecule has 3 aromatic carbocycles. The van der Waals surface area contributed by atoms with Gasteiger partial charge in [-0.15, -0.1) is 0 Å². The van der Waals surface area contributed by atoms with Gasteiger partial charge in [-0.05, 0) is 42.2 Å². The fourth-order valence-electron chi connectivity index (χ4n) is 5.36. The second kappa shape index (κ2) is 11.8. The lowest BCUT2D eigenvalue weighted by Crippen LogP contribution is -2.45. The molecule has 6 rings (SSSR count). The van der Waals surface area contributed by atoms with Crippen LogP contribution in [-0.2, 0) is 25.7 Å². The van der Waals surface area contributed by atoms with Crippen LogP contribution < -0.4 is 15.6 Å². The first kappa shape index (κ1) is 27.7. The third kappa shape index (κ3) is 5.65. The summed E-state index contributed by atoms with van der Waals surface area (Å²) in [5, 5.41) is 32.3. The summed E-state index contributed by atoms with van der Waals surface area (Å²) in [6, 6.07) is 27.0. The quantitative estimate of drug-likeness (QED) is 0.255. The number of fused-ring (bicyclic) bond motifs is 2. The van der Waals surface area contributed by atoms with Crippen molar-refractivity contribution < 1.29 is 28.9 Å². The van der Waals surface area contributed by atoms with Gasteiger partial charge in [0.05, 0.1) is 10.9 Å². The van der Waals surface area contributed by atoms with Crippen LogP contribution in [0.25, 0.3) is 11.0 Å². The monoisotopic (exact) mass is 566 g/mol. The Hall–Kier alpha value is -4.50. The van der Waals surface area contributed by atoms with Crippen LogP contribution in [0, 0.1) is 0 Å². The molecule has 5 aromatic rings. The number of aliphatic hydroxyl groups is 3. The van der Waals surface area contributed by atoms with Gasteiger partial charge >= 0.3 is 0 Å². The van der Waals surface area contributed by atoms with Crippen LogP contribution in [0.15, 0.2) is 109 Å². The Bertz CT molecular complexity index is 1810. The molecular formula is C34H30O8. The molecule has 0 amide bonds. The summed E-state index contributed by atoms with van der Waals surface area (Å²) < 4.78 is 18.1. The van der Waals surface area contributed by atoms with Gasteiger partial charge in [0.15, 0.2) is 22.7 Å². The van der Waals surface area contributed by atoms with E-state index in [-0.39, 0.29) is 27.9 Å². The Morgan fingerprint density at radius 2 is 1.24 bits per heavy atom. The Morgan fingerprint density at radius 3 is 1.88 bits per heavy atom. The van der Waals surface area contributed by atoms with Crippen molar-refractivity contribution in [1.29, 1.82) is 0 Å². The number of benzene rings is 3. The van der Waals surface area contributed by atoms with Crippen molar-refractivity contribution in [2.24, 2.45) is 0 Å². The van der Waals surface area contributed by atoms with Crippen LogP contribution in [0.3, 0.4) is 0 Å². The van der Waals surface area contributed by atoms with Crippen molar-refractivity contribution in [1.82, 2.24) is 0 Å². The van der Waals surface area contributed by atoms with E-state index >= 15 is 0 Å². The fourth-order valence-corrected chi connectivity index (χ4v) is 5.36. The van der Waals surface area contributed by atoms with Crippen LogP contribution in [-0.4, -0.2) is 27.5 Å². The third-order valence-corrected chi connectivity index (χ3v) is 7.62. The highest BCUT2D eigenvalue weighted by Crippen LogP contribution is 2.39. The molecule has 2 heterocycles. The minimum Gasteiger partial charge on any atom is -0.480 e. The Kier molecular flexibility index (Phi) is 7.75. The lowest BCUT2D eigenvalue weighted by Gasteiger charge is -2.35. The molecule has 0 bridgehead atoms. The average Bonchev–Trinajstić information content (AvgIpc) is 3.01. The molecule has 3 N–H and O–H groups in total. The molecule has 8 nitrogen and oxygen atoms in total. The van der Waals surface area contributed by atoms with Gasteiger partial charge in [-0.3, -0.25) is 9.59 Å². The van der Waals surface area contributed by atoms with E-state index < -0.39 is 29.8 Å². The molecule has 42 heavy (non-hydrogen) atoms. The maximum absolute atomic E-state index is 13.0. The topological polar surface area (TPSA) is 130 Å². The molecule has 0 saturated carbocycles. The van der Waals surface area contributed by atoms with Gasteiger partial charge in [-0.2, -0.15) is 0 Å². The number of hydrogen-bond donors (Lipinski definition) is 3. The summed E-state index contributed by atoms with van der Waals surface area (Å²) in [7, 11) is 0. The van der Waals surface area contributed by atoms with E-state index in [1.165, 1.54) is 18.2 Å². The zero-order valence-electron chi connectivity index (χ0n) is 22.7. The minimum atomic E-state index is -1.68. The lowest BCUT2D eigenvalue weighted by atomic mass is 9.87. The summed E-state index contributed by atoms with van der Waals surface area (Å²) in [5.74, 6) is 1.06. The van der Waals surface area contributed by atoms with Gasteiger partial charge in [-0.1, -0.05) is 60.7 Å². The van der Waals surface area contributed by atoms with Crippen LogP contribution in [0.5, 0.6) is 5.75 Å². The van der Waals surface area contributed by atoms with Crippen molar-refractivity contribution >= 4 is 11.0 Å². The van der Waals surface area contributed by atoms with Crippen LogP contribution >= 0.6 is 0 Å². The number of aryl methyl sites for hydroxylation is 4. The van der Waals surface area contributed by atoms with Crippen molar-refractivity contribution in [3.05, 3.63) is 145 Å². The smallest absolute Gasteiger partial charge is 0.193 e. The molecule has 0 unspecified atom stereocenters. The van der Waals surface area contributed by atoms with Crippen molar-refractivity contribution in [3.63, 3.8) is 0 Å². The second-order valence-electron chi connectivity index (χ2n) is 10.5. The largest absolute Gasteiger partial charge is 0.480 e. The first-order chi connectivity index (χ1) is 20.4. The summed E-state index contributed by atoms with van der Waals surface area (Å²) in [6.07, 6.45) is -3.95. The fraction of sp³-hybridized carbons (Fsp3) is 0.235. The summed E-state index contributed by atoms with van der Waals surface area (Å²) >= 11 is 0. The highest BCUT2D eigenvalue weighted by molar-refractivity contribution is 5.78. The van der Waals surface area contributed by atoms with Gasteiger partial charge in [0, 0.05) is 25.0 Å². The number of aliphatic hydroxyl groups excluding tert-OH is 3. The van der Waals surface area contributed by atoms with Crippen molar-refractivity contribution in [3.8, 4) is 5.75 Å². The van der Waals surface area contributed by atoms with E-state index in [9.17, 15) is 24.9 Å².